The molecule has 0 aliphatic heterocycles. The number of nitrogens with zero attached hydrogens (tertiary/aromatic N) is 2. The maximum absolute atomic E-state index is 12.5. The summed E-state index contributed by atoms with van der Waals surface area (Å²) in [5.74, 6) is 1.31. The first-order valence-electron chi connectivity index (χ1n) is 7.40. The summed E-state index contributed by atoms with van der Waals surface area (Å²) in [5, 5.41) is 3.12. The SMILES string of the molecule is CCNc1nc(CCC(/C=C\CC(F)(F)F)=C/CF)ncc1C. The van der Waals surface area contributed by atoms with Crippen LogP contribution in [0.4, 0.5) is 23.4 Å². The van der Waals surface area contributed by atoms with Crippen molar-refractivity contribution >= 4 is 5.82 Å². The molecular formula is C16H21F4N3. The van der Waals surface area contributed by atoms with E-state index in [1.165, 1.54) is 12.2 Å². The molecule has 0 bridgehead atoms. The van der Waals surface area contributed by atoms with Gasteiger partial charge in [0.2, 0.25) is 0 Å². The molecule has 0 fully saturated rings. The summed E-state index contributed by atoms with van der Waals surface area (Å²) >= 11 is 0. The molecular weight excluding hydrogens is 310 g/mol. The maximum Gasteiger partial charge on any atom is 0.392 e. The second-order valence-electron chi connectivity index (χ2n) is 5.00. The van der Waals surface area contributed by atoms with Crippen LogP contribution in [0.3, 0.4) is 0 Å². The van der Waals surface area contributed by atoms with Crippen LogP contribution in [0.5, 0.6) is 0 Å². The van der Waals surface area contributed by atoms with Gasteiger partial charge in [-0.3, -0.25) is 0 Å². The average molecular weight is 331 g/mol. The third kappa shape index (κ3) is 7.76. The summed E-state index contributed by atoms with van der Waals surface area (Å²) in [6, 6.07) is 0. The summed E-state index contributed by atoms with van der Waals surface area (Å²) in [6.07, 6.45) is 0.812. The van der Waals surface area contributed by atoms with Crippen LogP contribution >= 0.6 is 0 Å². The molecule has 3 nitrogen and oxygen atoms in total. The number of hydrogen-bond acceptors (Lipinski definition) is 3. The van der Waals surface area contributed by atoms with Crippen LogP contribution in [-0.4, -0.2) is 29.4 Å². The summed E-state index contributed by atoms with van der Waals surface area (Å²) in [5.41, 5.74) is 1.42. The molecule has 0 spiro atoms. The molecule has 0 aliphatic carbocycles. The van der Waals surface area contributed by atoms with Crippen molar-refractivity contribution in [2.24, 2.45) is 0 Å². The lowest BCUT2D eigenvalue weighted by molar-refractivity contribution is -0.125. The van der Waals surface area contributed by atoms with Crippen LogP contribution in [0.25, 0.3) is 0 Å². The lowest BCUT2D eigenvalue weighted by atomic mass is 10.1. The van der Waals surface area contributed by atoms with Crippen molar-refractivity contribution in [3.8, 4) is 0 Å². The van der Waals surface area contributed by atoms with E-state index in [0.29, 0.717) is 24.2 Å². The quantitative estimate of drug-likeness (QED) is 0.561. The first-order chi connectivity index (χ1) is 10.9. The standard InChI is InChI=1S/C16H21F4N3/c1-3-21-15-12(2)11-22-14(23-15)7-6-13(8-10-17)5-4-9-16(18,19)20/h4-5,8,11H,3,6-7,9-10H2,1-2H3,(H,21,22,23)/b5-4-,13-8+. The Labute approximate surface area is 133 Å². The van der Waals surface area contributed by atoms with Crippen molar-refractivity contribution in [1.82, 2.24) is 9.97 Å². The molecule has 0 amide bonds. The number of alkyl halides is 4. The molecule has 23 heavy (non-hydrogen) atoms. The van der Waals surface area contributed by atoms with Gasteiger partial charge in [-0.2, -0.15) is 13.2 Å². The fourth-order valence-electron chi connectivity index (χ4n) is 1.90. The van der Waals surface area contributed by atoms with Crippen molar-refractivity contribution in [1.29, 1.82) is 0 Å². The molecule has 0 saturated heterocycles. The highest BCUT2D eigenvalue weighted by atomic mass is 19.4. The van der Waals surface area contributed by atoms with E-state index in [-0.39, 0.29) is 0 Å². The lowest BCUT2D eigenvalue weighted by Gasteiger charge is -2.08. The molecule has 1 rings (SSSR count). The Balaban J connectivity index is 2.69. The van der Waals surface area contributed by atoms with E-state index >= 15 is 0 Å². The van der Waals surface area contributed by atoms with E-state index in [1.807, 2.05) is 13.8 Å². The van der Waals surface area contributed by atoms with E-state index in [9.17, 15) is 17.6 Å². The summed E-state index contributed by atoms with van der Waals surface area (Å²) in [6.45, 7) is 3.85. The van der Waals surface area contributed by atoms with Gasteiger partial charge in [0, 0.05) is 24.7 Å². The average Bonchev–Trinajstić information content (AvgIpc) is 2.46. The number of anilines is 1. The molecule has 0 aliphatic rings. The first kappa shape index (κ1) is 19.1. The highest BCUT2D eigenvalue weighted by molar-refractivity contribution is 5.41. The minimum absolute atomic E-state index is 0.382. The number of rotatable bonds is 8. The van der Waals surface area contributed by atoms with E-state index in [0.717, 1.165) is 24.0 Å². The number of allylic oxidation sites excluding steroid dienone is 4. The molecule has 7 heteroatoms. The van der Waals surface area contributed by atoms with Gasteiger partial charge in [-0.25, -0.2) is 14.4 Å². The van der Waals surface area contributed by atoms with Crippen molar-refractivity contribution in [3.63, 3.8) is 0 Å². The van der Waals surface area contributed by atoms with Crippen molar-refractivity contribution in [3.05, 3.63) is 41.4 Å². The minimum Gasteiger partial charge on any atom is -0.370 e. The van der Waals surface area contributed by atoms with Gasteiger partial charge in [0.1, 0.15) is 18.3 Å². The molecule has 0 unspecified atom stereocenters. The third-order valence-corrected chi connectivity index (χ3v) is 3.02. The Hall–Kier alpha value is -1.92. The van der Waals surface area contributed by atoms with Gasteiger partial charge in [-0.1, -0.05) is 18.2 Å². The fourth-order valence-corrected chi connectivity index (χ4v) is 1.90. The smallest absolute Gasteiger partial charge is 0.370 e. The molecule has 0 saturated carbocycles. The highest BCUT2D eigenvalue weighted by Gasteiger charge is 2.24. The molecule has 128 valence electrons. The van der Waals surface area contributed by atoms with Gasteiger partial charge < -0.3 is 5.32 Å². The van der Waals surface area contributed by atoms with Gasteiger partial charge in [0.05, 0.1) is 6.42 Å². The molecule has 1 aromatic rings. The number of halogens is 4. The second kappa shape index (κ2) is 9.27. The third-order valence-electron chi connectivity index (χ3n) is 3.02. The van der Waals surface area contributed by atoms with Crippen LogP contribution in [0.2, 0.25) is 0 Å². The Morgan fingerprint density at radius 3 is 2.70 bits per heavy atom. The molecule has 1 aromatic heterocycles. The van der Waals surface area contributed by atoms with Crippen molar-refractivity contribution in [2.75, 3.05) is 18.5 Å². The second-order valence-corrected chi connectivity index (χ2v) is 5.00. The van der Waals surface area contributed by atoms with Gasteiger partial charge >= 0.3 is 6.18 Å². The highest BCUT2D eigenvalue weighted by Crippen LogP contribution is 2.21. The summed E-state index contributed by atoms with van der Waals surface area (Å²) in [7, 11) is 0. The lowest BCUT2D eigenvalue weighted by Crippen LogP contribution is -2.06. The predicted molar refractivity (Wildman–Crippen MR) is 83.1 cm³/mol. The molecule has 0 atom stereocenters. The largest absolute Gasteiger partial charge is 0.392 e. The number of aromatic nitrogens is 2. The predicted octanol–water partition coefficient (Wildman–Crippen LogP) is 4.55. The Morgan fingerprint density at radius 2 is 2.09 bits per heavy atom. The van der Waals surface area contributed by atoms with Crippen molar-refractivity contribution < 1.29 is 17.6 Å². The molecule has 1 heterocycles. The Kier molecular flexibility index (Phi) is 7.71. The van der Waals surface area contributed by atoms with Crippen LogP contribution in [-0.2, 0) is 6.42 Å². The number of hydrogen-bond donors (Lipinski definition) is 1. The van der Waals surface area contributed by atoms with Crippen molar-refractivity contribution in [2.45, 2.75) is 39.3 Å². The zero-order valence-electron chi connectivity index (χ0n) is 13.3. The van der Waals surface area contributed by atoms with Crippen LogP contribution in [0.1, 0.15) is 31.2 Å². The normalized spacial score (nSPS) is 12.9. The Bertz CT molecular complexity index is 551. The molecule has 0 aromatic carbocycles. The van der Waals surface area contributed by atoms with Gasteiger partial charge in [-0.15, -0.1) is 0 Å². The summed E-state index contributed by atoms with van der Waals surface area (Å²) < 4.78 is 48.9. The molecule has 1 N–H and O–H groups in total. The van der Waals surface area contributed by atoms with E-state index in [1.54, 1.807) is 6.20 Å². The molecule has 0 radical (unpaired) electrons. The van der Waals surface area contributed by atoms with Crippen LogP contribution in [0, 0.1) is 6.92 Å². The zero-order valence-corrected chi connectivity index (χ0v) is 13.3. The van der Waals surface area contributed by atoms with E-state index in [4.69, 9.17) is 0 Å². The first-order valence-corrected chi connectivity index (χ1v) is 7.40. The van der Waals surface area contributed by atoms with Crippen LogP contribution < -0.4 is 5.32 Å². The fraction of sp³-hybridized carbons (Fsp3) is 0.500. The minimum atomic E-state index is -4.25. The zero-order chi connectivity index (χ0) is 17.3. The monoisotopic (exact) mass is 331 g/mol. The van der Waals surface area contributed by atoms with Gasteiger partial charge in [0.25, 0.3) is 0 Å². The van der Waals surface area contributed by atoms with Crippen LogP contribution in [0.15, 0.2) is 30.0 Å². The van der Waals surface area contributed by atoms with E-state index < -0.39 is 19.3 Å². The Morgan fingerprint density at radius 1 is 1.35 bits per heavy atom. The summed E-state index contributed by atoms with van der Waals surface area (Å²) in [4.78, 5) is 8.56. The van der Waals surface area contributed by atoms with E-state index in [2.05, 4.69) is 15.3 Å². The topological polar surface area (TPSA) is 37.8 Å². The number of aryl methyl sites for hydroxylation is 2. The number of nitrogens with one attached hydrogen (secondary N) is 1. The van der Waals surface area contributed by atoms with Gasteiger partial charge in [-0.05, 0) is 25.8 Å². The van der Waals surface area contributed by atoms with Gasteiger partial charge in [0.15, 0.2) is 0 Å². The maximum atomic E-state index is 12.5.